The Bertz CT molecular complexity index is 591. The molecule has 25 heavy (non-hydrogen) atoms. The first-order valence-electron chi connectivity index (χ1n) is 9.12. The van der Waals surface area contributed by atoms with Crippen molar-refractivity contribution in [3.8, 4) is 0 Å². The summed E-state index contributed by atoms with van der Waals surface area (Å²) >= 11 is 0. The number of rotatable bonds is 6. The highest BCUT2D eigenvalue weighted by Gasteiger charge is 2.25. The van der Waals surface area contributed by atoms with E-state index in [1.807, 2.05) is 7.05 Å². The number of ether oxygens (including phenoxy) is 1. The van der Waals surface area contributed by atoms with Crippen molar-refractivity contribution in [1.29, 1.82) is 0 Å². The first-order valence-corrected chi connectivity index (χ1v) is 9.12. The van der Waals surface area contributed by atoms with E-state index in [0.717, 1.165) is 25.7 Å². The van der Waals surface area contributed by atoms with Gasteiger partial charge in [0.15, 0.2) is 11.5 Å². The maximum atomic E-state index is 11.7. The van der Waals surface area contributed by atoms with E-state index in [0.29, 0.717) is 36.9 Å². The minimum atomic E-state index is -0.570. The number of nitrogens with one attached hydrogen (secondary N) is 3. The standard InChI is InChI=1S/C17H28N6O2/c1-19-12-4-2-3-5-13(12)22-14-10-20-15(16(18)24)17(23-14)21-11-6-8-25-9-7-11/h10-13,19H,2-9H2,1H3,(H2,18,24)(H2,21,22,23). The number of carbonyl (C=O) groups excluding carboxylic acids is 1. The first-order chi connectivity index (χ1) is 12.2. The fraction of sp³-hybridized carbons (Fsp3) is 0.706. The molecule has 0 spiro atoms. The van der Waals surface area contributed by atoms with Crippen LogP contribution in [0, 0.1) is 0 Å². The van der Waals surface area contributed by atoms with E-state index in [1.165, 1.54) is 12.8 Å². The van der Waals surface area contributed by atoms with Crippen molar-refractivity contribution in [2.75, 3.05) is 30.9 Å². The SMILES string of the molecule is CNC1CCCCC1Nc1cnc(C(N)=O)c(NC2CCOCC2)n1. The molecule has 2 heterocycles. The molecule has 2 fully saturated rings. The maximum Gasteiger partial charge on any atom is 0.271 e. The monoisotopic (exact) mass is 348 g/mol. The van der Waals surface area contributed by atoms with Gasteiger partial charge < -0.3 is 26.4 Å². The summed E-state index contributed by atoms with van der Waals surface area (Å²) in [4.78, 5) is 20.5. The van der Waals surface area contributed by atoms with Crippen LogP contribution in [0.15, 0.2) is 6.20 Å². The maximum absolute atomic E-state index is 11.7. The number of likely N-dealkylation sites (N-methyl/N-ethyl adjacent to an activating group) is 1. The van der Waals surface area contributed by atoms with Crippen LogP contribution in [-0.2, 0) is 4.74 Å². The average Bonchev–Trinajstić information content (AvgIpc) is 2.63. The molecule has 1 aromatic heterocycles. The number of nitrogens with zero attached hydrogens (tertiary/aromatic N) is 2. The molecule has 1 saturated heterocycles. The van der Waals surface area contributed by atoms with Gasteiger partial charge in [0, 0.05) is 31.3 Å². The zero-order valence-electron chi connectivity index (χ0n) is 14.8. The Labute approximate surface area is 148 Å². The molecule has 2 unspecified atom stereocenters. The van der Waals surface area contributed by atoms with E-state index in [4.69, 9.17) is 10.5 Å². The van der Waals surface area contributed by atoms with Crippen LogP contribution >= 0.6 is 0 Å². The Hall–Kier alpha value is -1.93. The van der Waals surface area contributed by atoms with Crippen molar-refractivity contribution >= 4 is 17.5 Å². The number of anilines is 2. The van der Waals surface area contributed by atoms with Crippen molar-refractivity contribution < 1.29 is 9.53 Å². The molecule has 8 heteroatoms. The number of carbonyl (C=O) groups is 1. The smallest absolute Gasteiger partial charge is 0.271 e. The molecular formula is C17H28N6O2. The third kappa shape index (κ3) is 4.58. The largest absolute Gasteiger partial charge is 0.381 e. The predicted octanol–water partition coefficient (Wildman–Crippen LogP) is 1.11. The molecule has 0 bridgehead atoms. The summed E-state index contributed by atoms with van der Waals surface area (Å²) in [6.07, 6.45) is 8.03. The Morgan fingerprint density at radius 2 is 1.88 bits per heavy atom. The van der Waals surface area contributed by atoms with Crippen molar-refractivity contribution in [1.82, 2.24) is 15.3 Å². The Balaban J connectivity index is 1.75. The van der Waals surface area contributed by atoms with E-state index in [2.05, 4.69) is 25.9 Å². The highest BCUT2D eigenvalue weighted by atomic mass is 16.5. The van der Waals surface area contributed by atoms with Gasteiger partial charge in [-0.2, -0.15) is 0 Å². The summed E-state index contributed by atoms with van der Waals surface area (Å²) in [6, 6.07) is 0.942. The normalized spacial score (nSPS) is 24.7. The second kappa shape index (κ2) is 8.44. The molecule has 0 aromatic carbocycles. The van der Waals surface area contributed by atoms with Gasteiger partial charge in [-0.3, -0.25) is 4.79 Å². The minimum Gasteiger partial charge on any atom is -0.381 e. The molecule has 2 atom stereocenters. The van der Waals surface area contributed by atoms with Gasteiger partial charge in [-0.15, -0.1) is 0 Å². The first kappa shape index (κ1) is 17.9. The number of amides is 1. The lowest BCUT2D eigenvalue weighted by Gasteiger charge is -2.32. The summed E-state index contributed by atoms with van der Waals surface area (Å²) in [5.41, 5.74) is 5.65. The van der Waals surface area contributed by atoms with Gasteiger partial charge in [-0.05, 0) is 32.7 Å². The molecule has 5 N–H and O–H groups in total. The summed E-state index contributed by atoms with van der Waals surface area (Å²) in [6.45, 7) is 1.42. The van der Waals surface area contributed by atoms with Gasteiger partial charge in [0.2, 0.25) is 0 Å². The van der Waals surface area contributed by atoms with Gasteiger partial charge in [-0.25, -0.2) is 9.97 Å². The molecule has 8 nitrogen and oxygen atoms in total. The zero-order chi connectivity index (χ0) is 17.6. The van der Waals surface area contributed by atoms with Crippen molar-refractivity contribution in [3.05, 3.63) is 11.9 Å². The van der Waals surface area contributed by atoms with Crippen LogP contribution < -0.4 is 21.7 Å². The molecule has 1 saturated carbocycles. The lowest BCUT2D eigenvalue weighted by molar-refractivity contribution is 0.0903. The third-order valence-corrected chi connectivity index (χ3v) is 5.04. The highest BCUT2D eigenvalue weighted by molar-refractivity contribution is 5.95. The van der Waals surface area contributed by atoms with E-state index in [1.54, 1.807) is 6.20 Å². The van der Waals surface area contributed by atoms with E-state index < -0.39 is 5.91 Å². The van der Waals surface area contributed by atoms with Crippen LogP contribution in [0.5, 0.6) is 0 Å². The molecule has 1 aromatic rings. The molecule has 3 rings (SSSR count). The topological polar surface area (TPSA) is 114 Å². The molecule has 2 aliphatic rings. The lowest BCUT2D eigenvalue weighted by Crippen LogP contribution is -2.44. The van der Waals surface area contributed by atoms with Crippen LogP contribution in [0.2, 0.25) is 0 Å². The summed E-state index contributed by atoms with van der Waals surface area (Å²) in [7, 11) is 1.99. The van der Waals surface area contributed by atoms with Gasteiger partial charge in [0.1, 0.15) is 5.82 Å². The Morgan fingerprint density at radius 1 is 1.16 bits per heavy atom. The number of nitrogens with two attached hydrogens (primary N) is 1. The summed E-state index contributed by atoms with van der Waals surface area (Å²) in [5.74, 6) is 0.562. The Morgan fingerprint density at radius 3 is 2.56 bits per heavy atom. The van der Waals surface area contributed by atoms with E-state index in [9.17, 15) is 4.79 Å². The lowest BCUT2D eigenvalue weighted by atomic mass is 9.90. The van der Waals surface area contributed by atoms with Gasteiger partial charge >= 0.3 is 0 Å². The third-order valence-electron chi connectivity index (χ3n) is 5.04. The van der Waals surface area contributed by atoms with E-state index in [-0.39, 0.29) is 11.7 Å². The molecule has 138 valence electrons. The fourth-order valence-electron chi connectivity index (χ4n) is 3.61. The number of primary amides is 1. The van der Waals surface area contributed by atoms with Crippen molar-refractivity contribution in [2.24, 2.45) is 5.73 Å². The Kier molecular flexibility index (Phi) is 6.04. The summed E-state index contributed by atoms with van der Waals surface area (Å²) < 4.78 is 5.38. The van der Waals surface area contributed by atoms with Crippen LogP contribution in [0.3, 0.4) is 0 Å². The van der Waals surface area contributed by atoms with Crippen LogP contribution in [-0.4, -0.2) is 54.3 Å². The number of hydrogen-bond acceptors (Lipinski definition) is 7. The molecular weight excluding hydrogens is 320 g/mol. The van der Waals surface area contributed by atoms with Gasteiger partial charge in [0.25, 0.3) is 5.91 Å². The fourth-order valence-corrected chi connectivity index (χ4v) is 3.61. The highest BCUT2D eigenvalue weighted by Crippen LogP contribution is 2.23. The number of hydrogen-bond donors (Lipinski definition) is 4. The second-order valence-corrected chi connectivity index (χ2v) is 6.78. The van der Waals surface area contributed by atoms with Crippen LogP contribution in [0.4, 0.5) is 11.6 Å². The van der Waals surface area contributed by atoms with Gasteiger partial charge in [-0.1, -0.05) is 12.8 Å². The zero-order valence-corrected chi connectivity index (χ0v) is 14.8. The summed E-state index contributed by atoms with van der Waals surface area (Å²) in [5, 5.41) is 10.2. The average molecular weight is 348 g/mol. The second-order valence-electron chi connectivity index (χ2n) is 6.78. The molecule has 1 aliphatic heterocycles. The van der Waals surface area contributed by atoms with E-state index >= 15 is 0 Å². The number of aromatic nitrogens is 2. The van der Waals surface area contributed by atoms with Crippen LogP contribution in [0.25, 0.3) is 0 Å². The van der Waals surface area contributed by atoms with Crippen molar-refractivity contribution in [2.45, 2.75) is 56.7 Å². The van der Waals surface area contributed by atoms with Gasteiger partial charge in [0.05, 0.1) is 6.20 Å². The van der Waals surface area contributed by atoms with Crippen molar-refractivity contribution in [3.63, 3.8) is 0 Å². The molecule has 1 amide bonds. The predicted molar refractivity (Wildman–Crippen MR) is 96.7 cm³/mol. The minimum absolute atomic E-state index is 0.186. The van der Waals surface area contributed by atoms with Crippen LogP contribution in [0.1, 0.15) is 49.0 Å². The molecule has 0 radical (unpaired) electrons. The molecule has 1 aliphatic carbocycles. The quantitative estimate of drug-likeness (QED) is 0.609.